The molecule has 1 aliphatic heterocycles. The Labute approximate surface area is 115 Å². The number of nitrogens with one attached hydrogen (secondary N) is 1. The van der Waals surface area contributed by atoms with E-state index >= 15 is 0 Å². The summed E-state index contributed by atoms with van der Waals surface area (Å²) in [5.41, 5.74) is 0. The van der Waals surface area contributed by atoms with Crippen molar-refractivity contribution in [3.63, 3.8) is 0 Å². The largest absolute Gasteiger partial charge is 0.481 e. The zero-order valence-corrected chi connectivity index (χ0v) is 11.6. The second-order valence-electron chi connectivity index (χ2n) is 4.70. The molecule has 0 radical (unpaired) electrons. The fraction of sp³-hybridized carbons (Fsp3) is 0.583. The number of urea groups is 1. The number of aliphatic carboxylic acids is 1. The highest BCUT2D eigenvalue weighted by atomic mass is 32.1. The highest BCUT2D eigenvalue weighted by molar-refractivity contribution is 7.11. The maximum Gasteiger partial charge on any atom is 0.317 e. The molecule has 1 aromatic rings. The van der Waals surface area contributed by atoms with Crippen LogP contribution < -0.4 is 5.32 Å². The Kier molecular flexibility index (Phi) is 4.36. The first-order chi connectivity index (χ1) is 9.04. The van der Waals surface area contributed by atoms with Crippen LogP contribution in [-0.4, -0.2) is 40.1 Å². The second-order valence-corrected chi connectivity index (χ2v) is 6.02. The van der Waals surface area contributed by atoms with Gasteiger partial charge in [0.05, 0.1) is 11.6 Å². The average Bonchev–Trinajstić information content (AvgIpc) is 2.95. The van der Waals surface area contributed by atoms with Crippen LogP contribution in [0.2, 0.25) is 0 Å². The van der Waals surface area contributed by atoms with Gasteiger partial charge in [0.2, 0.25) is 0 Å². The number of amides is 2. The first-order valence-corrected chi connectivity index (χ1v) is 7.02. The van der Waals surface area contributed by atoms with Crippen molar-refractivity contribution < 1.29 is 14.7 Å². The van der Waals surface area contributed by atoms with Crippen LogP contribution in [0.25, 0.3) is 0 Å². The minimum atomic E-state index is -0.799. The van der Waals surface area contributed by atoms with Gasteiger partial charge in [-0.3, -0.25) is 4.79 Å². The lowest BCUT2D eigenvalue weighted by molar-refractivity contribution is -0.138. The van der Waals surface area contributed by atoms with E-state index in [4.69, 9.17) is 5.11 Å². The SMILES string of the molecule is Cc1ncc(CNC(=O)N2CCC(CC(=O)O)C2)s1. The summed E-state index contributed by atoms with van der Waals surface area (Å²) in [6.07, 6.45) is 2.66. The van der Waals surface area contributed by atoms with Crippen molar-refractivity contribution >= 4 is 23.3 Å². The van der Waals surface area contributed by atoms with Gasteiger partial charge in [-0.2, -0.15) is 0 Å². The number of carbonyl (C=O) groups excluding carboxylic acids is 1. The van der Waals surface area contributed by atoms with Crippen molar-refractivity contribution in [2.24, 2.45) is 5.92 Å². The van der Waals surface area contributed by atoms with Gasteiger partial charge in [0.1, 0.15) is 0 Å². The minimum Gasteiger partial charge on any atom is -0.481 e. The molecule has 2 amide bonds. The molecule has 1 fully saturated rings. The summed E-state index contributed by atoms with van der Waals surface area (Å²) in [6.45, 7) is 3.56. The molecule has 0 saturated carbocycles. The zero-order chi connectivity index (χ0) is 13.8. The van der Waals surface area contributed by atoms with Crippen molar-refractivity contribution in [2.45, 2.75) is 26.3 Å². The summed E-state index contributed by atoms with van der Waals surface area (Å²) in [5, 5.41) is 12.5. The monoisotopic (exact) mass is 283 g/mol. The third-order valence-corrected chi connectivity index (χ3v) is 4.03. The molecular formula is C12H17N3O3S. The molecule has 1 saturated heterocycles. The van der Waals surface area contributed by atoms with Gasteiger partial charge in [-0.05, 0) is 19.3 Å². The Hall–Kier alpha value is -1.63. The van der Waals surface area contributed by atoms with Crippen LogP contribution in [0.1, 0.15) is 22.7 Å². The molecule has 0 spiro atoms. The molecule has 0 aliphatic carbocycles. The van der Waals surface area contributed by atoms with E-state index in [2.05, 4.69) is 10.3 Å². The fourth-order valence-electron chi connectivity index (χ4n) is 2.19. The Morgan fingerprint density at radius 2 is 2.42 bits per heavy atom. The number of carboxylic acid groups (broad SMARTS) is 1. The van der Waals surface area contributed by atoms with Gasteiger partial charge >= 0.3 is 12.0 Å². The van der Waals surface area contributed by atoms with Crippen molar-refractivity contribution in [1.82, 2.24) is 15.2 Å². The van der Waals surface area contributed by atoms with Crippen LogP contribution in [0.4, 0.5) is 4.79 Å². The number of hydrogen-bond donors (Lipinski definition) is 2. The van der Waals surface area contributed by atoms with Crippen LogP contribution in [0.5, 0.6) is 0 Å². The Morgan fingerprint density at radius 3 is 3.05 bits per heavy atom. The second kappa shape index (κ2) is 6.01. The normalized spacial score (nSPS) is 18.6. The Morgan fingerprint density at radius 1 is 1.63 bits per heavy atom. The molecule has 1 aliphatic rings. The predicted molar refractivity (Wildman–Crippen MR) is 71.0 cm³/mol. The molecular weight excluding hydrogens is 266 g/mol. The first kappa shape index (κ1) is 13.8. The lowest BCUT2D eigenvalue weighted by Crippen LogP contribution is -2.38. The number of carbonyl (C=O) groups is 2. The number of carboxylic acids is 1. The Bertz CT molecular complexity index is 475. The van der Waals surface area contributed by atoms with Crippen LogP contribution in [0.15, 0.2) is 6.20 Å². The average molecular weight is 283 g/mol. The van der Waals surface area contributed by atoms with E-state index in [0.29, 0.717) is 19.6 Å². The number of likely N-dealkylation sites (tertiary alicyclic amines) is 1. The van der Waals surface area contributed by atoms with Crippen molar-refractivity contribution in [3.8, 4) is 0 Å². The molecule has 104 valence electrons. The highest BCUT2D eigenvalue weighted by Gasteiger charge is 2.27. The van der Waals surface area contributed by atoms with Crippen LogP contribution in [0.3, 0.4) is 0 Å². The molecule has 1 unspecified atom stereocenters. The molecule has 2 heterocycles. The van der Waals surface area contributed by atoms with Crippen LogP contribution in [-0.2, 0) is 11.3 Å². The van der Waals surface area contributed by atoms with Crippen LogP contribution >= 0.6 is 11.3 Å². The van der Waals surface area contributed by atoms with E-state index in [1.807, 2.05) is 6.92 Å². The first-order valence-electron chi connectivity index (χ1n) is 6.20. The molecule has 1 atom stereocenters. The maximum atomic E-state index is 11.9. The molecule has 2 rings (SSSR count). The zero-order valence-electron chi connectivity index (χ0n) is 10.8. The van der Waals surface area contributed by atoms with Crippen molar-refractivity contribution in [3.05, 3.63) is 16.1 Å². The maximum absolute atomic E-state index is 11.9. The minimum absolute atomic E-state index is 0.0777. The molecule has 7 heteroatoms. The van der Waals surface area contributed by atoms with Crippen molar-refractivity contribution in [2.75, 3.05) is 13.1 Å². The van der Waals surface area contributed by atoms with Gasteiger partial charge in [-0.25, -0.2) is 9.78 Å². The van der Waals surface area contributed by atoms with Gasteiger partial charge in [0.15, 0.2) is 0 Å². The van der Waals surface area contributed by atoms with E-state index in [9.17, 15) is 9.59 Å². The summed E-state index contributed by atoms with van der Waals surface area (Å²) >= 11 is 1.56. The summed E-state index contributed by atoms with van der Waals surface area (Å²) < 4.78 is 0. The lowest BCUT2D eigenvalue weighted by Gasteiger charge is -2.16. The lowest BCUT2D eigenvalue weighted by atomic mass is 10.1. The number of aromatic nitrogens is 1. The summed E-state index contributed by atoms with van der Waals surface area (Å²) in [6, 6.07) is -0.126. The standard InChI is InChI=1S/C12H17N3O3S/c1-8-13-5-10(19-8)6-14-12(18)15-3-2-9(7-15)4-11(16)17/h5,9H,2-4,6-7H2,1H3,(H,14,18)(H,16,17). The Balaban J connectivity index is 1.76. The van der Waals surface area contributed by atoms with E-state index in [-0.39, 0.29) is 18.4 Å². The van der Waals surface area contributed by atoms with E-state index < -0.39 is 5.97 Å². The number of nitrogens with zero attached hydrogens (tertiary/aromatic N) is 2. The van der Waals surface area contributed by atoms with E-state index in [0.717, 1.165) is 16.3 Å². The molecule has 0 aromatic carbocycles. The van der Waals surface area contributed by atoms with Crippen molar-refractivity contribution in [1.29, 1.82) is 0 Å². The topological polar surface area (TPSA) is 82.5 Å². The fourth-order valence-corrected chi connectivity index (χ4v) is 2.93. The van der Waals surface area contributed by atoms with Gasteiger partial charge in [0, 0.05) is 30.6 Å². The predicted octanol–water partition coefficient (Wildman–Crippen LogP) is 1.46. The molecule has 19 heavy (non-hydrogen) atoms. The molecule has 2 N–H and O–H groups in total. The van der Waals surface area contributed by atoms with Gasteiger partial charge in [-0.15, -0.1) is 11.3 Å². The van der Waals surface area contributed by atoms with E-state index in [1.54, 1.807) is 22.4 Å². The van der Waals surface area contributed by atoms with Gasteiger partial charge in [-0.1, -0.05) is 0 Å². The third-order valence-electron chi connectivity index (χ3n) is 3.12. The van der Waals surface area contributed by atoms with Gasteiger partial charge < -0.3 is 15.3 Å². The van der Waals surface area contributed by atoms with E-state index in [1.165, 1.54) is 0 Å². The van der Waals surface area contributed by atoms with Gasteiger partial charge in [0.25, 0.3) is 0 Å². The molecule has 6 nitrogen and oxygen atoms in total. The molecule has 0 bridgehead atoms. The van der Waals surface area contributed by atoms with Crippen LogP contribution in [0, 0.1) is 12.8 Å². The summed E-state index contributed by atoms with van der Waals surface area (Å²) in [5.74, 6) is -0.721. The summed E-state index contributed by atoms with van der Waals surface area (Å²) in [7, 11) is 0. The molecule has 1 aromatic heterocycles. The number of rotatable bonds is 4. The number of thiazole rings is 1. The highest BCUT2D eigenvalue weighted by Crippen LogP contribution is 2.19. The number of aryl methyl sites for hydroxylation is 1. The number of hydrogen-bond acceptors (Lipinski definition) is 4. The quantitative estimate of drug-likeness (QED) is 0.876. The summed E-state index contributed by atoms with van der Waals surface area (Å²) in [4.78, 5) is 29.4. The smallest absolute Gasteiger partial charge is 0.317 e. The third kappa shape index (κ3) is 3.92.